The number of benzene rings is 1. The topological polar surface area (TPSA) is 87.7 Å². The molecule has 28 heavy (non-hydrogen) atoms. The van der Waals surface area contributed by atoms with Gasteiger partial charge < -0.3 is 15.0 Å². The van der Waals surface area contributed by atoms with E-state index >= 15 is 0 Å². The van der Waals surface area contributed by atoms with E-state index in [1.54, 1.807) is 11.0 Å². The third-order valence-corrected chi connectivity index (χ3v) is 5.43. The fourth-order valence-corrected chi connectivity index (χ4v) is 3.91. The van der Waals surface area contributed by atoms with Crippen molar-refractivity contribution in [2.24, 2.45) is 0 Å². The number of nitrogens with zero attached hydrogens (tertiary/aromatic N) is 1. The minimum Gasteiger partial charge on any atom is -0.365 e. The smallest absolute Gasteiger partial charge is 0.255 e. The van der Waals surface area contributed by atoms with Gasteiger partial charge in [0.15, 0.2) is 0 Å². The zero-order chi connectivity index (χ0) is 19.5. The van der Waals surface area contributed by atoms with E-state index in [1.807, 2.05) is 12.1 Å². The number of hydrogen-bond acceptors (Lipinski definition) is 5. The minimum absolute atomic E-state index is 0.168. The highest BCUT2D eigenvalue weighted by molar-refractivity contribution is 6.05. The van der Waals surface area contributed by atoms with Crippen molar-refractivity contribution in [2.45, 2.75) is 44.4 Å². The fraction of sp³-hybridized carbons (Fsp3) is 0.476. The standard InChI is InChI=1S/C21H23N3O4/c25-19-6-5-18(20(26)23-19)24-13-15-12-14(3-4-17(15)21(24)27)2-1-11-28-16-7-9-22-10-8-16/h3-4,12,16,18,22H,5-11,13H2,(H,23,25,26)/t18-/m0/s1. The summed E-state index contributed by atoms with van der Waals surface area (Å²) in [5.74, 6) is 5.29. The highest BCUT2D eigenvalue weighted by atomic mass is 16.5. The van der Waals surface area contributed by atoms with Gasteiger partial charge in [0.05, 0.1) is 6.10 Å². The van der Waals surface area contributed by atoms with Crippen LogP contribution >= 0.6 is 0 Å². The Labute approximate surface area is 163 Å². The summed E-state index contributed by atoms with van der Waals surface area (Å²) < 4.78 is 5.78. The largest absolute Gasteiger partial charge is 0.365 e. The van der Waals surface area contributed by atoms with Crippen LogP contribution in [-0.2, 0) is 20.9 Å². The lowest BCUT2D eigenvalue weighted by atomic mass is 10.0. The van der Waals surface area contributed by atoms with Crippen LogP contribution in [0.1, 0.15) is 47.2 Å². The van der Waals surface area contributed by atoms with E-state index in [-0.39, 0.29) is 24.3 Å². The number of imide groups is 1. The first-order valence-electron chi connectivity index (χ1n) is 9.70. The first kappa shape index (κ1) is 18.7. The molecule has 146 valence electrons. The van der Waals surface area contributed by atoms with Crippen molar-refractivity contribution < 1.29 is 19.1 Å². The zero-order valence-electron chi connectivity index (χ0n) is 15.6. The molecule has 0 radical (unpaired) electrons. The van der Waals surface area contributed by atoms with Crippen LogP contribution in [-0.4, -0.2) is 54.5 Å². The third-order valence-electron chi connectivity index (χ3n) is 5.43. The van der Waals surface area contributed by atoms with Crippen molar-refractivity contribution in [2.75, 3.05) is 19.7 Å². The molecule has 2 N–H and O–H groups in total. The van der Waals surface area contributed by atoms with E-state index in [1.165, 1.54) is 0 Å². The number of carbonyl (C=O) groups excluding carboxylic acids is 3. The number of nitrogens with one attached hydrogen (secondary N) is 2. The highest BCUT2D eigenvalue weighted by Gasteiger charge is 2.38. The van der Waals surface area contributed by atoms with Gasteiger partial charge in [0.2, 0.25) is 11.8 Å². The Bertz CT molecular complexity index is 864. The molecule has 4 rings (SSSR count). The molecule has 2 saturated heterocycles. The molecule has 7 nitrogen and oxygen atoms in total. The van der Waals surface area contributed by atoms with Crippen molar-refractivity contribution in [3.63, 3.8) is 0 Å². The lowest BCUT2D eigenvalue weighted by molar-refractivity contribution is -0.136. The van der Waals surface area contributed by atoms with Crippen molar-refractivity contribution in [1.29, 1.82) is 0 Å². The van der Waals surface area contributed by atoms with Crippen molar-refractivity contribution >= 4 is 17.7 Å². The number of carbonyl (C=O) groups is 3. The fourth-order valence-electron chi connectivity index (χ4n) is 3.91. The van der Waals surface area contributed by atoms with Crippen LogP contribution in [0.15, 0.2) is 18.2 Å². The average Bonchev–Trinajstić information content (AvgIpc) is 3.02. The molecular weight excluding hydrogens is 358 g/mol. The second-order valence-electron chi connectivity index (χ2n) is 7.33. The Morgan fingerprint density at radius 2 is 1.96 bits per heavy atom. The Morgan fingerprint density at radius 3 is 2.75 bits per heavy atom. The van der Waals surface area contributed by atoms with Gasteiger partial charge in [-0.3, -0.25) is 19.7 Å². The summed E-state index contributed by atoms with van der Waals surface area (Å²) in [6.07, 6.45) is 2.92. The van der Waals surface area contributed by atoms with Crippen LogP contribution < -0.4 is 10.6 Å². The molecule has 2 fully saturated rings. The molecule has 0 aliphatic carbocycles. The quantitative estimate of drug-likeness (QED) is 0.590. The molecular formula is C21H23N3O4. The summed E-state index contributed by atoms with van der Waals surface area (Å²) in [5.41, 5.74) is 2.28. The molecule has 1 atom stereocenters. The monoisotopic (exact) mass is 381 g/mol. The average molecular weight is 381 g/mol. The van der Waals surface area contributed by atoms with E-state index < -0.39 is 11.9 Å². The summed E-state index contributed by atoms with van der Waals surface area (Å²) in [6.45, 7) is 2.73. The lowest BCUT2D eigenvalue weighted by Gasteiger charge is -2.29. The summed E-state index contributed by atoms with van der Waals surface area (Å²) >= 11 is 0. The summed E-state index contributed by atoms with van der Waals surface area (Å²) in [4.78, 5) is 37.6. The molecule has 3 amide bonds. The second-order valence-corrected chi connectivity index (χ2v) is 7.33. The van der Waals surface area contributed by atoms with Crippen LogP contribution in [0.2, 0.25) is 0 Å². The SMILES string of the molecule is O=C1CC[C@H](N2Cc3cc(C#CCOC4CCNCC4)ccc3C2=O)C(=O)N1. The number of hydrogen-bond donors (Lipinski definition) is 2. The van der Waals surface area contributed by atoms with Gasteiger partial charge >= 0.3 is 0 Å². The van der Waals surface area contributed by atoms with Gasteiger partial charge in [0, 0.05) is 24.1 Å². The Balaban J connectivity index is 1.39. The minimum atomic E-state index is -0.592. The van der Waals surface area contributed by atoms with Gasteiger partial charge in [-0.15, -0.1) is 0 Å². The third kappa shape index (κ3) is 3.93. The van der Waals surface area contributed by atoms with E-state index in [9.17, 15) is 14.4 Å². The van der Waals surface area contributed by atoms with Gasteiger partial charge in [0.1, 0.15) is 12.6 Å². The second kappa shape index (κ2) is 8.13. The van der Waals surface area contributed by atoms with E-state index in [2.05, 4.69) is 22.5 Å². The normalized spacial score (nSPS) is 22.5. The maximum atomic E-state index is 12.7. The van der Waals surface area contributed by atoms with Crippen molar-refractivity contribution in [3.05, 3.63) is 34.9 Å². The number of rotatable bonds is 3. The van der Waals surface area contributed by atoms with E-state index in [4.69, 9.17) is 4.74 Å². The lowest BCUT2D eigenvalue weighted by Crippen LogP contribution is -2.52. The molecule has 3 aliphatic heterocycles. The molecule has 3 heterocycles. The first-order valence-corrected chi connectivity index (χ1v) is 9.70. The van der Waals surface area contributed by atoms with Crippen molar-refractivity contribution in [1.82, 2.24) is 15.5 Å². The number of fused-ring (bicyclic) bond motifs is 1. The Kier molecular flexibility index (Phi) is 5.42. The molecule has 0 aromatic heterocycles. The van der Waals surface area contributed by atoms with Gasteiger partial charge in [-0.2, -0.15) is 0 Å². The molecule has 7 heteroatoms. The zero-order valence-corrected chi connectivity index (χ0v) is 15.6. The predicted octanol–water partition coefficient (Wildman–Crippen LogP) is 0.568. The van der Waals surface area contributed by atoms with E-state index in [0.717, 1.165) is 37.1 Å². The van der Waals surface area contributed by atoms with Crippen LogP contribution in [0.4, 0.5) is 0 Å². The molecule has 0 saturated carbocycles. The van der Waals surface area contributed by atoms with Crippen LogP contribution in [0.25, 0.3) is 0 Å². The maximum absolute atomic E-state index is 12.7. The number of amides is 3. The molecule has 0 bridgehead atoms. The van der Waals surface area contributed by atoms with Crippen LogP contribution in [0, 0.1) is 11.8 Å². The van der Waals surface area contributed by atoms with Gasteiger partial charge in [-0.25, -0.2) is 0 Å². The summed E-state index contributed by atoms with van der Waals surface area (Å²) in [7, 11) is 0. The van der Waals surface area contributed by atoms with Crippen molar-refractivity contribution in [3.8, 4) is 11.8 Å². The molecule has 1 aromatic rings. The number of piperidine rings is 2. The van der Waals surface area contributed by atoms with Gasteiger partial charge in [0.25, 0.3) is 5.91 Å². The Hall–Kier alpha value is -2.69. The summed E-state index contributed by atoms with van der Waals surface area (Å²) in [6, 6.07) is 4.89. The highest BCUT2D eigenvalue weighted by Crippen LogP contribution is 2.28. The van der Waals surface area contributed by atoms with Gasteiger partial charge in [-0.1, -0.05) is 11.8 Å². The molecule has 3 aliphatic rings. The predicted molar refractivity (Wildman–Crippen MR) is 101 cm³/mol. The summed E-state index contributed by atoms with van der Waals surface area (Å²) in [5, 5.41) is 5.62. The first-order chi connectivity index (χ1) is 13.6. The molecule has 0 unspecified atom stereocenters. The van der Waals surface area contributed by atoms with Crippen LogP contribution in [0.3, 0.4) is 0 Å². The maximum Gasteiger partial charge on any atom is 0.255 e. The Morgan fingerprint density at radius 1 is 1.14 bits per heavy atom. The molecule has 1 aromatic carbocycles. The molecule has 0 spiro atoms. The van der Waals surface area contributed by atoms with Gasteiger partial charge in [-0.05, 0) is 56.1 Å². The van der Waals surface area contributed by atoms with E-state index in [0.29, 0.717) is 25.1 Å². The van der Waals surface area contributed by atoms with Crippen LogP contribution in [0.5, 0.6) is 0 Å². The number of ether oxygens (including phenoxy) is 1.